The summed E-state index contributed by atoms with van der Waals surface area (Å²) < 4.78 is 51.6. The first-order valence-electron chi connectivity index (χ1n) is 5.07. The molecule has 1 unspecified atom stereocenters. The molecule has 0 radical (unpaired) electrons. The molecule has 1 atom stereocenters. The normalized spacial score (nSPS) is 13.6. The van der Waals surface area contributed by atoms with Gasteiger partial charge < -0.3 is 5.73 Å². The molecule has 1 aromatic rings. The van der Waals surface area contributed by atoms with Crippen molar-refractivity contribution in [1.82, 2.24) is 4.72 Å². The molecule has 0 saturated carbocycles. The number of benzene rings is 1. The number of hydrogen-bond donors (Lipinski definition) is 2. The molecule has 0 heterocycles. The topological polar surface area (TPSA) is 72.2 Å². The zero-order valence-electron chi connectivity index (χ0n) is 9.28. The molecule has 17 heavy (non-hydrogen) atoms. The third-order valence-electron chi connectivity index (χ3n) is 2.24. The lowest BCUT2D eigenvalue weighted by Gasteiger charge is -2.11. The Hall–Kier alpha value is -1.05. The van der Waals surface area contributed by atoms with Crippen LogP contribution in [-0.4, -0.2) is 21.0 Å². The molecule has 0 amide bonds. The van der Waals surface area contributed by atoms with Gasteiger partial charge in [0.25, 0.3) is 0 Å². The Morgan fingerprint density at radius 1 is 1.41 bits per heavy atom. The van der Waals surface area contributed by atoms with Gasteiger partial charge in [-0.05, 0) is 24.6 Å². The first-order valence-corrected chi connectivity index (χ1v) is 6.55. The standard InChI is InChI=1S/C10H14F2N2O2S/c1-2-8(13)6-14-17(15,16)10-5-7(11)3-4-9(10)12/h3-5,8,14H,2,6,13H2,1H3. The van der Waals surface area contributed by atoms with Crippen LogP contribution in [0.2, 0.25) is 0 Å². The lowest BCUT2D eigenvalue weighted by molar-refractivity contribution is 0.538. The Kier molecular flexibility index (Phi) is 4.55. The van der Waals surface area contributed by atoms with Crippen LogP contribution in [-0.2, 0) is 10.0 Å². The fourth-order valence-corrected chi connectivity index (χ4v) is 2.30. The minimum atomic E-state index is -4.06. The zero-order chi connectivity index (χ0) is 13.1. The molecule has 0 aromatic heterocycles. The molecule has 7 heteroatoms. The van der Waals surface area contributed by atoms with E-state index in [-0.39, 0.29) is 12.6 Å². The predicted molar refractivity (Wildman–Crippen MR) is 59.8 cm³/mol. The largest absolute Gasteiger partial charge is 0.327 e. The van der Waals surface area contributed by atoms with Gasteiger partial charge in [0, 0.05) is 12.6 Å². The molecule has 0 aliphatic carbocycles. The van der Waals surface area contributed by atoms with Crippen LogP contribution in [0.1, 0.15) is 13.3 Å². The highest BCUT2D eigenvalue weighted by molar-refractivity contribution is 7.89. The van der Waals surface area contributed by atoms with Crippen molar-refractivity contribution in [3.63, 3.8) is 0 Å². The predicted octanol–water partition coefficient (Wildman–Crippen LogP) is 0.980. The summed E-state index contributed by atoms with van der Waals surface area (Å²) in [5.41, 5.74) is 5.53. The van der Waals surface area contributed by atoms with Gasteiger partial charge in [0.1, 0.15) is 16.5 Å². The van der Waals surface area contributed by atoms with Gasteiger partial charge in [-0.1, -0.05) is 6.92 Å². The maximum absolute atomic E-state index is 13.3. The first-order chi connectivity index (χ1) is 7.86. The summed E-state index contributed by atoms with van der Waals surface area (Å²) >= 11 is 0. The highest BCUT2D eigenvalue weighted by atomic mass is 32.2. The summed E-state index contributed by atoms with van der Waals surface area (Å²) in [7, 11) is -4.06. The van der Waals surface area contributed by atoms with Gasteiger partial charge in [-0.2, -0.15) is 0 Å². The second-order valence-electron chi connectivity index (χ2n) is 3.59. The fourth-order valence-electron chi connectivity index (χ4n) is 1.12. The van der Waals surface area contributed by atoms with E-state index in [1.165, 1.54) is 0 Å². The van der Waals surface area contributed by atoms with Crippen molar-refractivity contribution in [3.05, 3.63) is 29.8 Å². The maximum Gasteiger partial charge on any atom is 0.243 e. The summed E-state index contributed by atoms with van der Waals surface area (Å²) in [4.78, 5) is -0.708. The van der Waals surface area contributed by atoms with Crippen LogP contribution in [0.4, 0.5) is 8.78 Å². The van der Waals surface area contributed by atoms with Crippen molar-refractivity contribution in [2.75, 3.05) is 6.54 Å². The number of rotatable bonds is 5. The lowest BCUT2D eigenvalue weighted by Crippen LogP contribution is -2.37. The SMILES string of the molecule is CCC(N)CNS(=O)(=O)c1cc(F)ccc1F. The van der Waals surface area contributed by atoms with Crippen LogP contribution in [0.25, 0.3) is 0 Å². The van der Waals surface area contributed by atoms with Crippen LogP contribution < -0.4 is 10.5 Å². The van der Waals surface area contributed by atoms with Gasteiger partial charge in [-0.3, -0.25) is 0 Å². The average Bonchev–Trinajstić information content (AvgIpc) is 2.29. The smallest absolute Gasteiger partial charge is 0.243 e. The van der Waals surface area contributed by atoms with E-state index in [0.29, 0.717) is 12.5 Å². The van der Waals surface area contributed by atoms with E-state index in [1.807, 2.05) is 0 Å². The molecule has 1 rings (SSSR count). The third kappa shape index (κ3) is 3.72. The van der Waals surface area contributed by atoms with E-state index in [0.717, 1.165) is 12.1 Å². The number of halogens is 2. The molecule has 96 valence electrons. The van der Waals surface area contributed by atoms with E-state index in [1.54, 1.807) is 6.92 Å². The van der Waals surface area contributed by atoms with Gasteiger partial charge >= 0.3 is 0 Å². The number of hydrogen-bond acceptors (Lipinski definition) is 3. The molecule has 0 aliphatic heterocycles. The van der Waals surface area contributed by atoms with E-state index >= 15 is 0 Å². The molecular weight excluding hydrogens is 250 g/mol. The lowest BCUT2D eigenvalue weighted by atomic mass is 10.2. The Balaban J connectivity index is 2.93. The van der Waals surface area contributed by atoms with E-state index < -0.39 is 26.6 Å². The molecule has 1 aromatic carbocycles. The van der Waals surface area contributed by atoms with Gasteiger partial charge in [-0.15, -0.1) is 0 Å². The maximum atomic E-state index is 13.3. The fraction of sp³-hybridized carbons (Fsp3) is 0.400. The van der Waals surface area contributed by atoms with E-state index in [2.05, 4.69) is 4.72 Å². The van der Waals surface area contributed by atoms with Crippen molar-refractivity contribution in [2.24, 2.45) is 5.73 Å². The van der Waals surface area contributed by atoms with Crippen LogP contribution in [0.15, 0.2) is 23.1 Å². The summed E-state index contributed by atoms with van der Waals surface area (Å²) in [5, 5.41) is 0. The van der Waals surface area contributed by atoms with Crippen LogP contribution in [0.3, 0.4) is 0 Å². The second-order valence-corrected chi connectivity index (χ2v) is 5.33. The minimum absolute atomic E-state index is 0.0191. The molecular formula is C10H14F2N2O2S. The molecule has 0 bridgehead atoms. The quantitative estimate of drug-likeness (QED) is 0.832. The first kappa shape index (κ1) is 14.0. The molecule has 3 N–H and O–H groups in total. The number of nitrogens with one attached hydrogen (secondary N) is 1. The highest BCUT2D eigenvalue weighted by Crippen LogP contribution is 2.15. The summed E-state index contributed by atoms with van der Waals surface area (Å²) in [6, 6.07) is 1.90. The number of nitrogens with two attached hydrogens (primary N) is 1. The van der Waals surface area contributed by atoms with Gasteiger partial charge in [0.05, 0.1) is 0 Å². The van der Waals surface area contributed by atoms with Gasteiger partial charge in [0.2, 0.25) is 10.0 Å². The summed E-state index contributed by atoms with van der Waals surface area (Å²) in [6.07, 6.45) is 0.578. The average molecular weight is 264 g/mol. The monoisotopic (exact) mass is 264 g/mol. The van der Waals surface area contributed by atoms with E-state index in [9.17, 15) is 17.2 Å². The Morgan fingerprint density at radius 3 is 2.65 bits per heavy atom. The number of sulfonamides is 1. The molecule has 0 saturated heterocycles. The van der Waals surface area contributed by atoms with Crippen LogP contribution >= 0.6 is 0 Å². The summed E-state index contributed by atoms with van der Waals surface area (Å²) in [6.45, 7) is 1.77. The molecule has 0 aliphatic rings. The zero-order valence-corrected chi connectivity index (χ0v) is 10.1. The Morgan fingerprint density at radius 2 is 2.06 bits per heavy atom. The molecule has 0 spiro atoms. The molecule has 0 fully saturated rings. The summed E-state index contributed by atoms with van der Waals surface area (Å²) in [5.74, 6) is -1.81. The van der Waals surface area contributed by atoms with Crippen LogP contribution in [0, 0.1) is 11.6 Å². The van der Waals surface area contributed by atoms with Crippen molar-refractivity contribution in [1.29, 1.82) is 0 Å². The van der Waals surface area contributed by atoms with Crippen molar-refractivity contribution < 1.29 is 17.2 Å². The van der Waals surface area contributed by atoms with Crippen molar-refractivity contribution in [2.45, 2.75) is 24.3 Å². The van der Waals surface area contributed by atoms with Crippen molar-refractivity contribution in [3.8, 4) is 0 Å². The third-order valence-corrected chi connectivity index (χ3v) is 3.68. The van der Waals surface area contributed by atoms with Gasteiger partial charge in [-0.25, -0.2) is 21.9 Å². The Bertz CT molecular complexity index is 491. The van der Waals surface area contributed by atoms with Gasteiger partial charge in [0.15, 0.2) is 0 Å². The van der Waals surface area contributed by atoms with E-state index in [4.69, 9.17) is 5.73 Å². The van der Waals surface area contributed by atoms with Crippen molar-refractivity contribution >= 4 is 10.0 Å². The highest BCUT2D eigenvalue weighted by Gasteiger charge is 2.20. The molecule has 4 nitrogen and oxygen atoms in total. The second kappa shape index (κ2) is 5.52. The Labute approximate surface area is 98.9 Å². The minimum Gasteiger partial charge on any atom is -0.327 e. The van der Waals surface area contributed by atoms with Crippen LogP contribution in [0.5, 0.6) is 0 Å².